The van der Waals surface area contributed by atoms with Crippen LogP contribution in [0.2, 0.25) is 0 Å². The summed E-state index contributed by atoms with van der Waals surface area (Å²) < 4.78 is 19.9. The third-order valence-corrected chi connectivity index (χ3v) is 3.35. The van der Waals surface area contributed by atoms with Crippen LogP contribution in [0.4, 0.5) is 4.39 Å². The maximum Gasteiger partial charge on any atom is 0.166 e. The normalized spacial score (nSPS) is 10.6. The van der Waals surface area contributed by atoms with Crippen LogP contribution in [0.25, 0.3) is 0 Å². The minimum Gasteiger partial charge on any atom is -0.486 e. The van der Waals surface area contributed by atoms with Crippen LogP contribution in [0.3, 0.4) is 0 Å². The van der Waals surface area contributed by atoms with Crippen LogP contribution in [0.15, 0.2) is 46.9 Å². The Labute approximate surface area is 127 Å². The number of hydrogen-bond acceptors (Lipinski definition) is 2. The molecule has 2 nitrogen and oxygen atoms in total. The molecule has 0 heterocycles. The monoisotopic (exact) mass is 337 g/mol. The summed E-state index contributed by atoms with van der Waals surface area (Å²) in [7, 11) is 0. The van der Waals surface area contributed by atoms with Crippen molar-refractivity contribution in [3.8, 4) is 5.75 Å². The van der Waals surface area contributed by atoms with E-state index in [1.54, 1.807) is 12.1 Å². The number of ether oxygens (including phenoxy) is 1. The average Bonchev–Trinajstić information content (AvgIpc) is 2.45. The Morgan fingerprint density at radius 1 is 1.15 bits per heavy atom. The number of nitrogens with one attached hydrogen (secondary N) is 1. The van der Waals surface area contributed by atoms with Crippen LogP contribution in [0.5, 0.6) is 5.75 Å². The van der Waals surface area contributed by atoms with Crippen LogP contribution in [-0.2, 0) is 13.2 Å². The van der Waals surface area contributed by atoms with Crippen molar-refractivity contribution in [3.63, 3.8) is 0 Å². The predicted octanol–water partition coefficient (Wildman–Crippen LogP) is 4.28. The van der Waals surface area contributed by atoms with Crippen molar-refractivity contribution >= 4 is 15.9 Å². The molecule has 1 N–H and O–H groups in total. The summed E-state index contributed by atoms with van der Waals surface area (Å²) in [4.78, 5) is 0. The molecular weight excluding hydrogens is 321 g/mol. The number of rotatable bonds is 6. The third kappa shape index (κ3) is 4.32. The molecule has 0 saturated carbocycles. The number of halogens is 2. The standard InChI is InChI=1S/C16H17BrFNO/c1-2-19-10-12-4-3-5-13(8-12)11-20-16-7-6-14(17)9-15(16)18/h3-9,19H,2,10-11H2,1H3. The minimum atomic E-state index is -0.358. The second-order valence-electron chi connectivity index (χ2n) is 4.46. The molecule has 0 amide bonds. The first-order chi connectivity index (χ1) is 9.69. The van der Waals surface area contributed by atoms with Gasteiger partial charge in [-0.25, -0.2) is 4.39 Å². The van der Waals surface area contributed by atoms with Crippen molar-refractivity contribution in [3.05, 3.63) is 63.9 Å². The Hall–Kier alpha value is -1.39. The molecule has 0 radical (unpaired) electrons. The quantitative estimate of drug-likeness (QED) is 0.849. The smallest absolute Gasteiger partial charge is 0.166 e. The van der Waals surface area contributed by atoms with E-state index in [-0.39, 0.29) is 11.6 Å². The highest BCUT2D eigenvalue weighted by molar-refractivity contribution is 9.10. The Balaban J connectivity index is 1.99. The first kappa shape index (κ1) is 15.0. The Morgan fingerprint density at radius 2 is 1.95 bits per heavy atom. The molecule has 0 atom stereocenters. The zero-order valence-corrected chi connectivity index (χ0v) is 12.9. The topological polar surface area (TPSA) is 21.3 Å². The summed E-state index contributed by atoms with van der Waals surface area (Å²) in [5.74, 6) is -0.0894. The SMILES string of the molecule is CCNCc1cccc(COc2ccc(Br)cc2F)c1. The van der Waals surface area contributed by atoms with Crippen molar-refractivity contribution in [1.82, 2.24) is 5.32 Å². The first-order valence-corrected chi connectivity index (χ1v) is 7.34. The summed E-state index contributed by atoms with van der Waals surface area (Å²) in [6.07, 6.45) is 0. The van der Waals surface area contributed by atoms with Gasteiger partial charge in [0, 0.05) is 11.0 Å². The van der Waals surface area contributed by atoms with Crippen LogP contribution in [0.1, 0.15) is 18.1 Å². The van der Waals surface area contributed by atoms with Gasteiger partial charge < -0.3 is 10.1 Å². The van der Waals surface area contributed by atoms with Gasteiger partial charge in [-0.05, 0) is 35.9 Å². The van der Waals surface area contributed by atoms with Gasteiger partial charge in [0.25, 0.3) is 0 Å². The summed E-state index contributed by atoms with van der Waals surface area (Å²) in [6.45, 7) is 4.20. The lowest BCUT2D eigenvalue weighted by molar-refractivity contribution is 0.290. The average molecular weight is 338 g/mol. The lowest BCUT2D eigenvalue weighted by atomic mass is 10.1. The Bertz CT molecular complexity index is 574. The molecule has 4 heteroatoms. The van der Waals surface area contributed by atoms with Crippen LogP contribution in [-0.4, -0.2) is 6.54 Å². The second kappa shape index (κ2) is 7.41. The molecule has 0 aliphatic heterocycles. The van der Waals surface area contributed by atoms with E-state index in [4.69, 9.17) is 4.74 Å². The predicted molar refractivity (Wildman–Crippen MR) is 82.3 cm³/mol. The molecule has 0 fully saturated rings. The molecule has 0 spiro atoms. The van der Waals surface area contributed by atoms with E-state index < -0.39 is 0 Å². The highest BCUT2D eigenvalue weighted by atomic mass is 79.9. The summed E-state index contributed by atoms with van der Waals surface area (Å²) in [5, 5.41) is 3.27. The molecule has 0 aliphatic carbocycles. The summed E-state index contributed by atoms with van der Waals surface area (Å²) in [6, 6.07) is 12.9. The van der Waals surface area contributed by atoms with Gasteiger partial charge in [-0.15, -0.1) is 0 Å². The second-order valence-corrected chi connectivity index (χ2v) is 5.38. The fourth-order valence-corrected chi connectivity index (χ4v) is 2.19. The molecule has 0 saturated heterocycles. The molecule has 0 bridgehead atoms. The van der Waals surface area contributed by atoms with Crippen molar-refractivity contribution in [2.75, 3.05) is 6.54 Å². The van der Waals surface area contributed by atoms with Gasteiger partial charge in [0.1, 0.15) is 6.61 Å². The number of hydrogen-bond donors (Lipinski definition) is 1. The maximum absolute atomic E-state index is 13.6. The minimum absolute atomic E-state index is 0.269. The van der Waals surface area contributed by atoms with Gasteiger partial charge in [0.15, 0.2) is 11.6 Å². The van der Waals surface area contributed by atoms with Gasteiger partial charge in [-0.2, -0.15) is 0 Å². The lowest BCUT2D eigenvalue weighted by Crippen LogP contribution is -2.11. The highest BCUT2D eigenvalue weighted by Gasteiger charge is 2.04. The molecule has 0 aromatic heterocycles. The van der Waals surface area contributed by atoms with Gasteiger partial charge >= 0.3 is 0 Å². The van der Waals surface area contributed by atoms with Gasteiger partial charge in [0.2, 0.25) is 0 Å². The van der Waals surface area contributed by atoms with Crippen molar-refractivity contribution < 1.29 is 9.13 Å². The molecule has 2 rings (SSSR count). The zero-order valence-electron chi connectivity index (χ0n) is 11.3. The van der Waals surface area contributed by atoms with Crippen molar-refractivity contribution in [2.45, 2.75) is 20.1 Å². The van der Waals surface area contributed by atoms with Crippen LogP contribution < -0.4 is 10.1 Å². The molecule has 20 heavy (non-hydrogen) atoms. The van der Waals surface area contributed by atoms with Crippen molar-refractivity contribution in [2.24, 2.45) is 0 Å². The number of benzene rings is 2. The Morgan fingerprint density at radius 3 is 2.70 bits per heavy atom. The molecule has 0 unspecified atom stereocenters. The van der Waals surface area contributed by atoms with E-state index in [1.807, 2.05) is 12.1 Å². The van der Waals surface area contributed by atoms with Gasteiger partial charge in [-0.3, -0.25) is 0 Å². The van der Waals surface area contributed by atoms with E-state index in [1.165, 1.54) is 11.6 Å². The van der Waals surface area contributed by atoms with Crippen LogP contribution in [0, 0.1) is 5.82 Å². The molecule has 106 valence electrons. The largest absolute Gasteiger partial charge is 0.486 e. The van der Waals surface area contributed by atoms with Gasteiger partial charge in [-0.1, -0.05) is 47.1 Å². The Kier molecular flexibility index (Phi) is 5.56. The fourth-order valence-electron chi connectivity index (χ4n) is 1.85. The third-order valence-electron chi connectivity index (χ3n) is 2.86. The fraction of sp³-hybridized carbons (Fsp3) is 0.250. The summed E-state index contributed by atoms with van der Waals surface area (Å²) in [5.41, 5.74) is 2.23. The van der Waals surface area contributed by atoms with E-state index in [0.717, 1.165) is 18.7 Å². The first-order valence-electron chi connectivity index (χ1n) is 6.55. The van der Waals surface area contributed by atoms with E-state index in [0.29, 0.717) is 11.1 Å². The molecule has 0 aliphatic rings. The lowest BCUT2D eigenvalue weighted by Gasteiger charge is -2.09. The van der Waals surface area contributed by atoms with Crippen molar-refractivity contribution in [1.29, 1.82) is 0 Å². The molecule has 2 aromatic carbocycles. The molecular formula is C16H17BrFNO. The maximum atomic E-state index is 13.6. The molecule has 2 aromatic rings. The van der Waals surface area contributed by atoms with E-state index in [9.17, 15) is 4.39 Å². The van der Waals surface area contributed by atoms with Crippen LogP contribution >= 0.6 is 15.9 Å². The van der Waals surface area contributed by atoms with E-state index >= 15 is 0 Å². The highest BCUT2D eigenvalue weighted by Crippen LogP contribution is 2.22. The summed E-state index contributed by atoms with van der Waals surface area (Å²) >= 11 is 3.22. The van der Waals surface area contributed by atoms with Gasteiger partial charge in [0.05, 0.1) is 0 Å². The zero-order chi connectivity index (χ0) is 14.4. The van der Waals surface area contributed by atoms with E-state index in [2.05, 4.69) is 40.3 Å².